The molecule has 1 N–H and O–H groups in total. The SMILES string of the molecule is C=C(OCc1ccccc1)C(F)(F)[C@@H](O)c1cccc(OC)c1. The van der Waals surface area contributed by atoms with Crippen LogP contribution in [0, 0.1) is 0 Å². The van der Waals surface area contributed by atoms with Crippen LogP contribution in [0.15, 0.2) is 66.9 Å². The smallest absolute Gasteiger partial charge is 0.332 e. The zero-order valence-electron chi connectivity index (χ0n) is 12.7. The van der Waals surface area contributed by atoms with E-state index in [0.29, 0.717) is 5.75 Å². The number of benzene rings is 2. The van der Waals surface area contributed by atoms with Crippen LogP contribution >= 0.6 is 0 Å². The zero-order chi connectivity index (χ0) is 16.9. The lowest BCUT2D eigenvalue weighted by Gasteiger charge is -2.25. The lowest BCUT2D eigenvalue weighted by Crippen LogP contribution is -2.29. The Morgan fingerprint density at radius 3 is 2.52 bits per heavy atom. The normalized spacial score (nSPS) is 12.5. The molecule has 0 heterocycles. The topological polar surface area (TPSA) is 38.7 Å². The highest BCUT2D eigenvalue weighted by Crippen LogP contribution is 2.38. The summed E-state index contributed by atoms with van der Waals surface area (Å²) in [7, 11) is 1.42. The predicted octanol–water partition coefficient (Wildman–Crippen LogP) is 4.09. The van der Waals surface area contributed by atoms with Crippen LogP contribution in [0.2, 0.25) is 0 Å². The molecular formula is C18H18F2O3. The van der Waals surface area contributed by atoms with E-state index in [1.165, 1.54) is 25.3 Å². The first kappa shape index (κ1) is 17.0. The number of methoxy groups -OCH3 is 1. The third-order valence-corrected chi connectivity index (χ3v) is 3.38. The maximum atomic E-state index is 14.3. The quantitative estimate of drug-likeness (QED) is 0.781. The van der Waals surface area contributed by atoms with Gasteiger partial charge in [0.2, 0.25) is 0 Å². The van der Waals surface area contributed by atoms with Crippen molar-refractivity contribution in [1.29, 1.82) is 0 Å². The van der Waals surface area contributed by atoms with E-state index in [4.69, 9.17) is 9.47 Å². The summed E-state index contributed by atoms with van der Waals surface area (Å²) in [4.78, 5) is 0. The lowest BCUT2D eigenvalue weighted by molar-refractivity contribution is -0.115. The summed E-state index contributed by atoms with van der Waals surface area (Å²) in [5, 5.41) is 9.99. The molecule has 0 aromatic heterocycles. The number of hydrogen-bond acceptors (Lipinski definition) is 3. The average Bonchev–Trinajstić information content (AvgIpc) is 2.59. The van der Waals surface area contributed by atoms with Crippen molar-refractivity contribution in [3.05, 3.63) is 78.1 Å². The fourth-order valence-corrected chi connectivity index (χ4v) is 2.01. The fourth-order valence-electron chi connectivity index (χ4n) is 2.01. The third kappa shape index (κ3) is 4.07. The minimum absolute atomic E-state index is 0.0267. The Morgan fingerprint density at radius 2 is 1.87 bits per heavy atom. The van der Waals surface area contributed by atoms with Gasteiger partial charge in [-0.3, -0.25) is 0 Å². The molecule has 0 bridgehead atoms. The monoisotopic (exact) mass is 320 g/mol. The largest absolute Gasteiger partial charge is 0.497 e. The molecule has 0 radical (unpaired) electrons. The summed E-state index contributed by atoms with van der Waals surface area (Å²) in [6.45, 7) is 3.23. The summed E-state index contributed by atoms with van der Waals surface area (Å²) >= 11 is 0. The molecule has 5 heteroatoms. The second-order valence-electron chi connectivity index (χ2n) is 5.00. The zero-order valence-corrected chi connectivity index (χ0v) is 12.7. The molecule has 0 saturated carbocycles. The van der Waals surface area contributed by atoms with E-state index in [1.807, 2.05) is 6.07 Å². The summed E-state index contributed by atoms with van der Waals surface area (Å²) < 4.78 is 38.7. The van der Waals surface area contributed by atoms with E-state index in [1.54, 1.807) is 30.3 Å². The molecule has 0 aliphatic carbocycles. The molecule has 2 aromatic rings. The van der Waals surface area contributed by atoms with Crippen molar-refractivity contribution in [2.24, 2.45) is 0 Å². The van der Waals surface area contributed by atoms with E-state index < -0.39 is 17.8 Å². The second-order valence-corrected chi connectivity index (χ2v) is 5.00. The molecule has 0 saturated heterocycles. The first-order chi connectivity index (χ1) is 10.9. The number of ether oxygens (including phenoxy) is 2. The van der Waals surface area contributed by atoms with Crippen molar-refractivity contribution in [1.82, 2.24) is 0 Å². The molecule has 0 fully saturated rings. The number of rotatable bonds is 7. The van der Waals surface area contributed by atoms with Gasteiger partial charge in [-0.15, -0.1) is 0 Å². The van der Waals surface area contributed by atoms with Gasteiger partial charge in [0.05, 0.1) is 7.11 Å². The Bertz CT molecular complexity index is 656. The standard InChI is InChI=1S/C18H18F2O3/c1-13(23-12-14-7-4-3-5-8-14)18(19,20)17(21)15-9-6-10-16(11-15)22-2/h3-11,17,21H,1,12H2,2H3/t17-/m0/s1. The third-order valence-electron chi connectivity index (χ3n) is 3.38. The first-order valence-corrected chi connectivity index (χ1v) is 7.01. The van der Waals surface area contributed by atoms with Crippen LogP contribution < -0.4 is 4.74 Å². The molecular weight excluding hydrogens is 302 g/mol. The van der Waals surface area contributed by atoms with Gasteiger partial charge in [-0.05, 0) is 23.3 Å². The number of hydrogen-bond donors (Lipinski definition) is 1. The molecule has 0 aliphatic rings. The highest BCUT2D eigenvalue weighted by molar-refractivity contribution is 5.32. The highest BCUT2D eigenvalue weighted by Gasteiger charge is 2.44. The Hall–Kier alpha value is -2.40. The number of halogens is 2. The van der Waals surface area contributed by atoms with Crippen LogP contribution in [0.5, 0.6) is 5.75 Å². The lowest BCUT2D eigenvalue weighted by atomic mass is 10.0. The fraction of sp³-hybridized carbons (Fsp3) is 0.222. The van der Waals surface area contributed by atoms with Gasteiger partial charge in [-0.2, -0.15) is 8.78 Å². The summed E-state index contributed by atoms with van der Waals surface area (Å²) in [6.07, 6.45) is -2.07. The van der Waals surface area contributed by atoms with Crippen molar-refractivity contribution in [2.75, 3.05) is 7.11 Å². The van der Waals surface area contributed by atoms with Gasteiger partial charge in [0, 0.05) is 0 Å². The molecule has 0 aliphatic heterocycles. The average molecular weight is 320 g/mol. The van der Waals surface area contributed by atoms with E-state index in [9.17, 15) is 13.9 Å². The Balaban J connectivity index is 2.07. The number of aliphatic hydroxyl groups excluding tert-OH is 1. The van der Waals surface area contributed by atoms with Crippen molar-refractivity contribution >= 4 is 0 Å². The van der Waals surface area contributed by atoms with Crippen LogP contribution in [-0.2, 0) is 11.3 Å². The van der Waals surface area contributed by atoms with Crippen LogP contribution in [0.25, 0.3) is 0 Å². The number of aliphatic hydroxyl groups is 1. The Kier molecular flexibility index (Phi) is 5.34. The molecule has 23 heavy (non-hydrogen) atoms. The van der Waals surface area contributed by atoms with E-state index in [2.05, 4.69) is 6.58 Å². The Morgan fingerprint density at radius 1 is 1.17 bits per heavy atom. The molecule has 0 spiro atoms. The molecule has 3 nitrogen and oxygen atoms in total. The van der Waals surface area contributed by atoms with Crippen molar-refractivity contribution in [3.63, 3.8) is 0 Å². The highest BCUT2D eigenvalue weighted by atomic mass is 19.3. The Labute approximate surface area is 133 Å². The molecule has 2 aromatic carbocycles. The first-order valence-electron chi connectivity index (χ1n) is 7.01. The van der Waals surface area contributed by atoms with Gasteiger partial charge in [-0.25, -0.2) is 0 Å². The minimum Gasteiger partial charge on any atom is -0.497 e. The van der Waals surface area contributed by atoms with Crippen LogP contribution in [-0.4, -0.2) is 18.1 Å². The van der Waals surface area contributed by atoms with Crippen molar-refractivity contribution < 1.29 is 23.4 Å². The van der Waals surface area contributed by atoms with Crippen molar-refractivity contribution in [2.45, 2.75) is 18.6 Å². The van der Waals surface area contributed by atoms with E-state index in [-0.39, 0.29) is 12.2 Å². The van der Waals surface area contributed by atoms with Gasteiger partial charge < -0.3 is 14.6 Å². The molecule has 0 amide bonds. The van der Waals surface area contributed by atoms with E-state index in [0.717, 1.165) is 5.56 Å². The summed E-state index contributed by atoms with van der Waals surface area (Å²) in [6, 6.07) is 14.8. The van der Waals surface area contributed by atoms with Crippen LogP contribution in [0.1, 0.15) is 17.2 Å². The molecule has 2 rings (SSSR count). The maximum Gasteiger partial charge on any atom is 0.332 e. The van der Waals surface area contributed by atoms with Gasteiger partial charge in [0.1, 0.15) is 12.4 Å². The summed E-state index contributed by atoms with van der Waals surface area (Å²) in [5.74, 6) is -4.02. The van der Waals surface area contributed by atoms with Gasteiger partial charge in [0.15, 0.2) is 11.9 Å². The van der Waals surface area contributed by atoms with Crippen LogP contribution in [0.4, 0.5) is 8.78 Å². The van der Waals surface area contributed by atoms with Gasteiger partial charge >= 0.3 is 5.92 Å². The van der Waals surface area contributed by atoms with E-state index >= 15 is 0 Å². The van der Waals surface area contributed by atoms with Gasteiger partial charge in [0.25, 0.3) is 0 Å². The number of alkyl halides is 2. The maximum absolute atomic E-state index is 14.3. The minimum atomic E-state index is -3.62. The van der Waals surface area contributed by atoms with Gasteiger partial charge in [-0.1, -0.05) is 49.0 Å². The van der Waals surface area contributed by atoms with Crippen molar-refractivity contribution in [3.8, 4) is 5.75 Å². The molecule has 0 unspecified atom stereocenters. The second kappa shape index (κ2) is 7.24. The molecule has 122 valence electrons. The summed E-state index contributed by atoms with van der Waals surface area (Å²) in [5.41, 5.74) is 0.763. The predicted molar refractivity (Wildman–Crippen MR) is 83.3 cm³/mol. The van der Waals surface area contributed by atoms with Crippen LogP contribution in [0.3, 0.4) is 0 Å². The molecule has 1 atom stereocenters.